The van der Waals surface area contributed by atoms with Crippen molar-refractivity contribution in [2.45, 2.75) is 42.5 Å². The first-order valence-corrected chi connectivity index (χ1v) is 11.8. The predicted octanol–water partition coefficient (Wildman–Crippen LogP) is 3.72. The molecule has 8 heteroatoms. The smallest absolute Gasteiger partial charge is 0.244 e. The average molecular weight is 420 g/mol. The molecule has 1 saturated heterocycles. The Morgan fingerprint density at radius 1 is 1.18 bits per heavy atom. The molecule has 1 amide bonds. The molecule has 1 fully saturated rings. The number of anilines is 1. The number of hydrogen-bond donors (Lipinski definition) is 1. The van der Waals surface area contributed by atoms with Gasteiger partial charge in [-0.1, -0.05) is 43.8 Å². The molecule has 2 heterocycles. The molecule has 0 bridgehead atoms. The quantitative estimate of drug-likeness (QED) is 0.692. The number of hydrogen-bond acceptors (Lipinski definition) is 5. The highest BCUT2D eigenvalue weighted by Gasteiger charge is 2.27. The van der Waals surface area contributed by atoms with Crippen molar-refractivity contribution in [3.63, 3.8) is 0 Å². The van der Waals surface area contributed by atoms with Crippen molar-refractivity contribution in [1.82, 2.24) is 9.29 Å². The third-order valence-corrected chi connectivity index (χ3v) is 7.45. The van der Waals surface area contributed by atoms with Gasteiger partial charge in [0.25, 0.3) is 0 Å². The van der Waals surface area contributed by atoms with Crippen molar-refractivity contribution in [3.05, 3.63) is 48.2 Å². The van der Waals surface area contributed by atoms with E-state index in [1.165, 1.54) is 22.3 Å². The fraction of sp³-hybridized carbons (Fsp3) is 0.400. The van der Waals surface area contributed by atoms with E-state index < -0.39 is 10.0 Å². The highest BCUT2D eigenvalue weighted by molar-refractivity contribution is 7.99. The maximum Gasteiger partial charge on any atom is 0.244 e. The molecule has 0 atom stereocenters. The summed E-state index contributed by atoms with van der Waals surface area (Å²) < 4.78 is 26.5. The second-order valence-corrected chi connectivity index (χ2v) is 9.96. The number of carbonyl (C=O) groups excluding carboxylic acids is 1. The molecule has 0 spiro atoms. The van der Waals surface area contributed by atoms with Gasteiger partial charge in [0.15, 0.2) is 0 Å². The molecular formula is C20H25N3O3S2. The molecule has 28 heavy (non-hydrogen) atoms. The number of thioether (sulfide) groups is 1. The molecule has 0 radical (unpaired) electrons. The standard InChI is InChI=1S/C20H25N3O3S2/c1-15(2)17-7-3-4-8-18(17)22-19(24)14-27-20-10-9-16(13-21-20)28(25,26)23-11-5-6-12-23/h3-4,7-10,13,15H,5-6,11-12,14H2,1-2H3,(H,22,24). The normalized spacial score (nSPS) is 15.1. The molecule has 0 saturated carbocycles. The van der Waals surface area contributed by atoms with Gasteiger partial charge >= 0.3 is 0 Å². The molecule has 1 aliphatic heterocycles. The maximum atomic E-state index is 12.5. The summed E-state index contributed by atoms with van der Waals surface area (Å²) in [6.45, 7) is 5.30. The Hall–Kier alpha value is -1.90. The summed E-state index contributed by atoms with van der Waals surface area (Å²) in [6, 6.07) is 11.0. The van der Waals surface area contributed by atoms with Gasteiger partial charge in [-0.2, -0.15) is 4.31 Å². The van der Waals surface area contributed by atoms with Crippen LogP contribution in [0.5, 0.6) is 0 Å². The van der Waals surface area contributed by atoms with Crippen LogP contribution in [0.3, 0.4) is 0 Å². The van der Waals surface area contributed by atoms with E-state index in [0.717, 1.165) is 24.1 Å². The number of para-hydroxylation sites is 1. The molecular weight excluding hydrogens is 394 g/mol. The summed E-state index contributed by atoms with van der Waals surface area (Å²) in [4.78, 5) is 16.7. The zero-order chi connectivity index (χ0) is 20.1. The van der Waals surface area contributed by atoms with Crippen molar-refractivity contribution < 1.29 is 13.2 Å². The maximum absolute atomic E-state index is 12.5. The highest BCUT2D eigenvalue weighted by Crippen LogP contribution is 2.25. The summed E-state index contributed by atoms with van der Waals surface area (Å²) >= 11 is 1.28. The van der Waals surface area contributed by atoms with Gasteiger partial charge in [0.2, 0.25) is 15.9 Å². The minimum atomic E-state index is -3.46. The number of benzene rings is 1. The lowest BCUT2D eigenvalue weighted by Gasteiger charge is -2.15. The fourth-order valence-electron chi connectivity index (χ4n) is 3.12. The zero-order valence-corrected chi connectivity index (χ0v) is 17.7. The van der Waals surface area contributed by atoms with Crippen LogP contribution in [0.25, 0.3) is 0 Å². The molecule has 3 rings (SSSR count). The fourth-order valence-corrected chi connectivity index (χ4v) is 5.23. The summed E-state index contributed by atoms with van der Waals surface area (Å²) in [5, 5.41) is 3.56. The number of aromatic nitrogens is 1. The SMILES string of the molecule is CC(C)c1ccccc1NC(=O)CSc1ccc(S(=O)(=O)N2CCCC2)cn1. The van der Waals surface area contributed by atoms with Crippen LogP contribution in [0.4, 0.5) is 5.69 Å². The van der Waals surface area contributed by atoms with Gasteiger partial charge in [0.1, 0.15) is 4.90 Å². The summed E-state index contributed by atoms with van der Waals surface area (Å²) in [5.41, 5.74) is 1.92. The second-order valence-electron chi connectivity index (χ2n) is 7.02. The molecule has 150 valence electrons. The van der Waals surface area contributed by atoms with E-state index in [2.05, 4.69) is 24.1 Å². The van der Waals surface area contributed by atoms with Crippen LogP contribution in [0.1, 0.15) is 38.2 Å². The molecule has 0 unspecified atom stereocenters. The minimum Gasteiger partial charge on any atom is -0.325 e. The van der Waals surface area contributed by atoms with Gasteiger partial charge in [0.05, 0.1) is 10.8 Å². The van der Waals surface area contributed by atoms with E-state index >= 15 is 0 Å². The first kappa shape index (κ1) is 20.8. The Kier molecular flexibility index (Phi) is 6.74. The second kappa shape index (κ2) is 9.07. The molecule has 1 N–H and O–H groups in total. The van der Waals surface area contributed by atoms with E-state index in [1.807, 2.05) is 24.3 Å². The summed E-state index contributed by atoms with van der Waals surface area (Å²) in [6.07, 6.45) is 3.17. The lowest BCUT2D eigenvalue weighted by atomic mass is 10.0. The first-order chi connectivity index (χ1) is 13.4. The molecule has 0 aliphatic carbocycles. The third kappa shape index (κ3) is 4.92. The Bertz CT molecular complexity index is 922. The number of carbonyl (C=O) groups is 1. The Morgan fingerprint density at radius 3 is 2.54 bits per heavy atom. The topological polar surface area (TPSA) is 79.4 Å². The number of nitrogens with zero attached hydrogens (tertiary/aromatic N) is 2. The van der Waals surface area contributed by atoms with E-state index in [9.17, 15) is 13.2 Å². The van der Waals surface area contributed by atoms with Crippen LogP contribution in [-0.2, 0) is 14.8 Å². The number of nitrogens with one attached hydrogen (secondary N) is 1. The predicted molar refractivity (Wildman–Crippen MR) is 112 cm³/mol. The van der Waals surface area contributed by atoms with Crippen LogP contribution in [0, 0.1) is 0 Å². The Morgan fingerprint density at radius 2 is 1.89 bits per heavy atom. The summed E-state index contributed by atoms with van der Waals surface area (Å²) in [5.74, 6) is 0.405. The zero-order valence-electron chi connectivity index (χ0n) is 16.1. The van der Waals surface area contributed by atoms with Gasteiger partial charge in [-0.3, -0.25) is 4.79 Å². The van der Waals surface area contributed by atoms with Crippen LogP contribution in [-0.4, -0.2) is 42.5 Å². The van der Waals surface area contributed by atoms with Crippen molar-refractivity contribution in [2.24, 2.45) is 0 Å². The largest absolute Gasteiger partial charge is 0.325 e. The minimum absolute atomic E-state index is 0.117. The van der Waals surface area contributed by atoms with Crippen molar-refractivity contribution in [1.29, 1.82) is 0 Å². The first-order valence-electron chi connectivity index (χ1n) is 9.35. The van der Waals surface area contributed by atoms with Gasteiger partial charge < -0.3 is 5.32 Å². The van der Waals surface area contributed by atoms with Crippen LogP contribution < -0.4 is 5.32 Å². The lowest BCUT2D eigenvalue weighted by Crippen LogP contribution is -2.27. The Balaban J connectivity index is 1.59. The highest BCUT2D eigenvalue weighted by atomic mass is 32.2. The lowest BCUT2D eigenvalue weighted by molar-refractivity contribution is -0.113. The Labute approximate surface area is 170 Å². The molecule has 6 nitrogen and oxygen atoms in total. The number of pyridine rings is 1. The average Bonchev–Trinajstić information content (AvgIpc) is 3.23. The van der Waals surface area contributed by atoms with Crippen molar-refractivity contribution >= 4 is 33.4 Å². The van der Waals surface area contributed by atoms with E-state index in [4.69, 9.17) is 0 Å². The van der Waals surface area contributed by atoms with E-state index in [0.29, 0.717) is 24.0 Å². The number of sulfonamides is 1. The summed E-state index contributed by atoms with van der Waals surface area (Å²) in [7, 11) is -3.46. The molecule has 2 aromatic rings. The molecule has 1 aromatic carbocycles. The van der Waals surface area contributed by atoms with Crippen LogP contribution in [0.2, 0.25) is 0 Å². The van der Waals surface area contributed by atoms with E-state index in [1.54, 1.807) is 12.1 Å². The van der Waals surface area contributed by atoms with Crippen molar-refractivity contribution in [2.75, 3.05) is 24.2 Å². The monoisotopic (exact) mass is 419 g/mol. The van der Waals surface area contributed by atoms with Crippen molar-refractivity contribution in [3.8, 4) is 0 Å². The molecule has 1 aliphatic rings. The molecule has 1 aromatic heterocycles. The van der Waals surface area contributed by atoms with Gasteiger partial charge in [0, 0.05) is 25.0 Å². The van der Waals surface area contributed by atoms with Gasteiger partial charge in [-0.15, -0.1) is 0 Å². The van der Waals surface area contributed by atoms with Crippen LogP contribution in [0.15, 0.2) is 52.5 Å². The van der Waals surface area contributed by atoms with Crippen LogP contribution >= 0.6 is 11.8 Å². The van der Waals surface area contributed by atoms with Gasteiger partial charge in [-0.25, -0.2) is 13.4 Å². The number of amides is 1. The van der Waals surface area contributed by atoms with E-state index in [-0.39, 0.29) is 16.6 Å². The third-order valence-electron chi connectivity index (χ3n) is 4.62. The van der Waals surface area contributed by atoms with Gasteiger partial charge in [-0.05, 0) is 42.5 Å². The number of rotatable bonds is 7.